The molecule has 0 amide bonds. The van der Waals surface area contributed by atoms with Crippen molar-refractivity contribution in [2.45, 2.75) is 33.8 Å². The average molecular weight is 325 g/mol. The summed E-state index contributed by atoms with van der Waals surface area (Å²) < 4.78 is 0.997. The van der Waals surface area contributed by atoms with E-state index in [9.17, 15) is 5.11 Å². The maximum Gasteiger partial charge on any atom is 0.115 e. The maximum atomic E-state index is 10.6. The summed E-state index contributed by atoms with van der Waals surface area (Å²) in [4.78, 5) is 2.20. The molecule has 1 heterocycles. The van der Waals surface area contributed by atoms with Gasteiger partial charge in [-0.15, -0.1) is 11.3 Å². The fourth-order valence-electron chi connectivity index (χ4n) is 2.44. The third-order valence-electron chi connectivity index (χ3n) is 3.10. The van der Waals surface area contributed by atoms with Crippen LogP contribution < -0.4 is 0 Å². The lowest BCUT2D eigenvalue weighted by molar-refractivity contribution is 0.222. The first-order valence-corrected chi connectivity index (χ1v) is 7.52. The largest absolute Gasteiger partial charge is 0.383 e. The minimum absolute atomic E-state index is 0.543. The average Bonchev–Trinajstić information content (AvgIpc) is 2.56. The molecule has 0 aliphatic carbocycles. The van der Waals surface area contributed by atoms with Crippen LogP contribution in [-0.4, -0.2) is 5.11 Å². The number of benzene rings is 1. The Bertz CT molecular complexity index is 563. The summed E-state index contributed by atoms with van der Waals surface area (Å²) in [7, 11) is 0. The van der Waals surface area contributed by atoms with Crippen LogP contribution >= 0.6 is 27.3 Å². The second-order valence-corrected chi connectivity index (χ2v) is 6.93. The Morgan fingerprint density at radius 2 is 1.61 bits per heavy atom. The van der Waals surface area contributed by atoms with Crippen molar-refractivity contribution in [1.82, 2.24) is 0 Å². The fourth-order valence-corrected chi connectivity index (χ4v) is 4.31. The van der Waals surface area contributed by atoms with E-state index in [1.54, 1.807) is 11.3 Å². The van der Waals surface area contributed by atoms with Crippen LogP contribution in [-0.2, 0) is 0 Å². The molecule has 1 unspecified atom stereocenters. The highest BCUT2D eigenvalue weighted by atomic mass is 79.9. The zero-order valence-electron chi connectivity index (χ0n) is 11.0. The Balaban J connectivity index is 2.52. The molecule has 1 N–H and O–H groups in total. The van der Waals surface area contributed by atoms with Crippen molar-refractivity contribution in [3.63, 3.8) is 0 Å². The lowest BCUT2D eigenvalue weighted by Gasteiger charge is -2.17. The first-order chi connectivity index (χ1) is 8.40. The minimum atomic E-state index is -0.543. The third-order valence-corrected chi connectivity index (χ3v) is 5.12. The van der Waals surface area contributed by atoms with E-state index in [1.807, 2.05) is 0 Å². The van der Waals surface area contributed by atoms with Crippen LogP contribution in [0.2, 0.25) is 0 Å². The minimum Gasteiger partial charge on any atom is -0.383 e. The molecule has 0 saturated carbocycles. The van der Waals surface area contributed by atoms with E-state index in [2.05, 4.69) is 61.8 Å². The molecule has 3 heteroatoms. The van der Waals surface area contributed by atoms with Crippen LogP contribution in [0.15, 0.2) is 22.7 Å². The molecule has 0 aliphatic rings. The molecule has 0 saturated heterocycles. The van der Waals surface area contributed by atoms with Crippen molar-refractivity contribution in [3.05, 3.63) is 54.7 Å². The zero-order chi connectivity index (χ0) is 13.4. The summed E-state index contributed by atoms with van der Waals surface area (Å²) >= 11 is 5.17. The molecule has 0 bridgehead atoms. The summed E-state index contributed by atoms with van der Waals surface area (Å²) in [5, 5.41) is 10.6. The molecule has 2 rings (SSSR count). The van der Waals surface area contributed by atoms with Crippen molar-refractivity contribution in [2.24, 2.45) is 0 Å². The molecule has 18 heavy (non-hydrogen) atoms. The van der Waals surface area contributed by atoms with E-state index in [0.717, 1.165) is 26.0 Å². The van der Waals surface area contributed by atoms with E-state index < -0.39 is 6.10 Å². The van der Waals surface area contributed by atoms with Crippen molar-refractivity contribution < 1.29 is 5.11 Å². The lowest BCUT2D eigenvalue weighted by Crippen LogP contribution is -2.04. The standard InChI is InChI=1S/C15H17BrOS/c1-8-5-9(2)13(10(3)6-8)14(17)15-12(16)7-11(4)18-15/h5-7,14,17H,1-4H3. The molecule has 1 aromatic carbocycles. The Hall–Kier alpha value is -0.640. The molecule has 0 radical (unpaired) electrons. The molecular weight excluding hydrogens is 308 g/mol. The first kappa shape index (κ1) is 13.8. The van der Waals surface area contributed by atoms with Crippen molar-refractivity contribution in [1.29, 1.82) is 0 Å². The normalized spacial score (nSPS) is 12.8. The van der Waals surface area contributed by atoms with Gasteiger partial charge in [-0.3, -0.25) is 0 Å². The summed E-state index contributed by atoms with van der Waals surface area (Å²) in [6, 6.07) is 6.31. The SMILES string of the molecule is Cc1cc(C)c(C(O)c2sc(C)cc2Br)c(C)c1. The lowest BCUT2D eigenvalue weighted by atomic mass is 9.95. The van der Waals surface area contributed by atoms with Gasteiger partial charge in [0.05, 0.1) is 4.88 Å². The second-order valence-electron chi connectivity index (χ2n) is 4.78. The van der Waals surface area contributed by atoms with Gasteiger partial charge in [-0.1, -0.05) is 17.7 Å². The molecule has 1 nitrogen and oxygen atoms in total. The number of hydrogen-bond donors (Lipinski definition) is 1. The first-order valence-electron chi connectivity index (χ1n) is 5.91. The maximum absolute atomic E-state index is 10.6. The highest BCUT2D eigenvalue weighted by Gasteiger charge is 2.20. The molecular formula is C15H17BrOS. The summed E-state index contributed by atoms with van der Waals surface area (Å²) in [6.07, 6.45) is -0.543. The van der Waals surface area contributed by atoms with Crippen LogP contribution in [0.25, 0.3) is 0 Å². The van der Waals surface area contributed by atoms with Gasteiger partial charge in [0, 0.05) is 9.35 Å². The Labute approximate surface area is 121 Å². The number of aryl methyl sites for hydroxylation is 4. The van der Waals surface area contributed by atoms with Gasteiger partial charge < -0.3 is 5.11 Å². The van der Waals surface area contributed by atoms with Gasteiger partial charge in [0.1, 0.15) is 6.10 Å². The van der Waals surface area contributed by atoms with E-state index in [4.69, 9.17) is 0 Å². The van der Waals surface area contributed by atoms with Gasteiger partial charge in [0.15, 0.2) is 0 Å². The van der Waals surface area contributed by atoms with Crippen molar-refractivity contribution in [3.8, 4) is 0 Å². The third kappa shape index (κ3) is 2.53. The van der Waals surface area contributed by atoms with E-state index >= 15 is 0 Å². The van der Waals surface area contributed by atoms with E-state index in [1.165, 1.54) is 10.4 Å². The number of aliphatic hydroxyl groups excluding tert-OH is 1. The van der Waals surface area contributed by atoms with Gasteiger partial charge >= 0.3 is 0 Å². The number of thiophene rings is 1. The predicted molar refractivity (Wildman–Crippen MR) is 81.5 cm³/mol. The quantitative estimate of drug-likeness (QED) is 0.839. The molecule has 0 aliphatic heterocycles. The molecule has 0 spiro atoms. The van der Waals surface area contributed by atoms with Crippen LogP contribution in [0, 0.1) is 27.7 Å². The van der Waals surface area contributed by atoms with Gasteiger partial charge in [0.25, 0.3) is 0 Å². The van der Waals surface area contributed by atoms with Gasteiger partial charge in [0.2, 0.25) is 0 Å². The Morgan fingerprint density at radius 3 is 2.06 bits per heavy atom. The summed E-state index contributed by atoms with van der Waals surface area (Å²) in [5.74, 6) is 0. The van der Waals surface area contributed by atoms with Crippen LogP contribution in [0.1, 0.15) is 38.1 Å². The Kier molecular flexibility index (Phi) is 3.95. The van der Waals surface area contributed by atoms with Crippen molar-refractivity contribution in [2.75, 3.05) is 0 Å². The van der Waals surface area contributed by atoms with Crippen LogP contribution in [0.3, 0.4) is 0 Å². The molecule has 1 atom stereocenters. The molecule has 0 fully saturated rings. The number of halogens is 1. The fraction of sp³-hybridized carbons (Fsp3) is 0.333. The number of rotatable bonds is 2. The highest BCUT2D eigenvalue weighted by Crippen LogP contribution is 2.37. The summed E-state index contributed by atoms with van der Waals surface area (Å²) in [5.41, 5.74) is 4.57. The monoisotopic (exact) mass is 324 g/mol. The van der Waals surface area contributed by atoms with E-state index in [0.29, 0.717) is 0 Å². The Morgan fingerprint density at radius 1 is 1.06 bits per heavy atom. The number of aliphatic hydroxyl groups is 1. The van der Waals surface area contributed by atoms with Crippen LogP contribution in [0.4, 0.5) is 0 Å². The van der Waals surface area contributed by atoms with E-state index in [-0.39, 0.29) is 0 Å². The molecule has 1 aromatic heterocycles. The van der Waals surface area contributed by atoms with Gasteiger partial charge in [-0.25, -0.2) is 0 Å². The highest BCUT2D eigenvalue weighted by molar-refractivity contribution is 9.10. The second kappa shape index (κ2) is 5.16. The number of hydrogen-bond acceptors (Lipinski definition) is 2. The van der Waals surface area contributed by atoms with Gasteiger partial charge in [-0.2, -0.15) is 0 Å². The van der Waals surface area contributed by atoms with Crippen molar-refractivity contribution >= 4 is 27.3 Å². The smallest absolute Gasteiger partial charge is 0.115 e. The predicted octanol–water partition coefficient (Wildman–Crippen LogP) is 4.83. The van der Waals surface area contributed by atoms with Crippen LogP contribution in [0.5, 0.6) is 0 Å². The molecule has 96 valence electrons. The molecule has 2 aromatic rings. The summed E-state index contributed by atoms with van der Waals surface area (Å²) in [6.45, 7) is 8.27. The topological polar surface area (TPSA) is 20.2 Å². The van der Waals surface area contributed by atoms with Gasteiger partial charge in [-0.05, 0) is 66.4 Å². The zero-order valence-corrected chi connectivity index (χ0v) is 13.4.